The summed E-state index contributed by atoms with van der Waals surface area (Å²) in [4.78, 5) is 41.9. The van der Waals surface area contributed by atoms with Gasteiger partial charge in [0.1, 0.15) is 11.5 Å². The number of carbonyl (C=O) groups is 2. The van der Waals surface area contributed by atoms with Crippen molar-refractivity contribution in [3.8, 4) is 16.9 Å². The van der Waals surface area contributed by atoms with Crippen LogP contribution in [0.15, 0.2) is 59.5 Å². The maximum atomic E-state index is 13.1. The molecule has 212 valence electrons. The predicted octanol–water partition coefficient (Wildman–Crippen LogP) is 3.80. The number of aliphatic hydroxyl groups excluding tert-OH is 1. The molecule has 0 aliphatic carbocycles. The molecule has 1 unspecified atom stereocenters. The highest BCUT2D eigenvalue weighted by Gasteiger charge is 2.36. The third kappa shape index (κ3) is 6.51. The average molecular weight is 546 g/mol. The van der Waals surface area contributed by atoms with Gasteiger partial charge in [0.15, 0.2) is 0 Å². The van der Waals surface area contributed by atoms with E-state index in [9.17, 15) is 24.6 Å². The summed E-state index contributed by atoms with van der Waals surface area (Å²) < 4.78 is 0. The normalized spacial score (nSPS) is 20.7. The standard InChI is InChI=1S/C30H33N3O5.C2H6/c1-33-17-22-14-23(34)7-9-26(35)25(33)15-21-6-8-24(29(37)28(21)22)30(38)32-12-10-18-2-4-19(5-3-18)20-11-13-31-27(36)16-20;1-2/h2-6,8,11,13,16,22,25-26,35,37H,7,9-10,12,14-15,17H2,1H3,(H,31,36)(H,32,38);1-2H3/t22?,25-,26-;/m1./s1. The van der Waals surface area contributed by atoms with Gasteiger partial charge in [0.2, 0.25) is 5.56 Å². The molecule has 2 bridgehead atoms. The van der Waals surface area contributed by atoms with Crippen LogP contribution >= 0.6 is 0 Å². The molecule has 1 aromatic heterocycles. The Balaban J connectivity index is 0.00000181. The molecule has 2 aromatic carbocycles. The van der Waals surface area contributed by atoms with Crippen LogP contribution in [0.1, 0.15) is 66.1 Å². The predicted molar refractivity (Wildman–Crippen MR) is 156 cm³/mol. The second kappa shape index (κ2) is 13.1. The van der Waals surface area contributed by atoms with Crippen LogP contribution in [-0.4, -0.2) is 64.1 Å². The van der Waals surface area contributed by atoms with Crippen molar-refractivity contribution < 1.29 is 19.8 Å². The number of rotatable bonds is 5. The molecule has 0 radical (unpaired) electrons. The number of benzene rings is 2. The molecule has 1 saturated heterocycles. The zero-order chi connectivity index (χ0) is 28.8. The first-order valence-electron chi connectivity index (χ1n) is 14.1. The van der Waals surface area contributed by atoms with Gasteiger partial charge in [0.05, 0.1) is 11.7 Å². The lowest BCUT2D eigenvalue weighted by molar-refractivity contribution is -0.119. The van der Waals surface area contributed by atoms with Crippen molar-refractivity contribution in [2.45, 2.75) is 64.0 Å². The fraction of sp³-hybridized carbons (Fsp3) is 0.406. The van der Waals surface area contributed by atoms with Crippen molar-refractivity contribution in [2.75, 3.05) is 20.1 Å². The minimum absolute atomic E-state index is 0.0651. The Labute approximate surface area is 235 Å². The monoisotopic (exact) mass is 545 g/mol. The number of aliphatic hydroxyl groups is 1. The zero-order valence-electron chi connectivity index (χ0n) is 23.4. The Kier molecular flexibility index (Phi) is 9.55. The first kappa shape index (κ1) is 29.2. The Morgan fingerprint density at radius 3 is 2.52 bits per heavy atom. The summed E-state index contributed by atoms with van der Waals surface area (Å²) in [6.45, 7) is 4.92. The van der Waals surface area contributed by atoms with Gasteiger partial charge in [-0.05, 0) is 60.7 Å². The number of hydrogen-bond donors (Lipinski definition) is 4. The topological polar surface area (TPSA) is 123 Å². The van der Waals surface area contributed by atoms with Crippen LogP contribution in [0.2, 0.25) is 0 Å². The van der Waals surface area contributed by atoms with E-state index >= 15 is 0 Å². The van der Waals surface area contributed by atoms with Crippen LogP contribution in [0.25, 0.3) is 11.1 Å². The molecular formula is C32H39N3O5. The van der Waals surface area contributed by atoms with Crippen molar-refractivity contribution in [3.05, 3.63) is 87.3 Å². The van der Waals surface area contributed by atoms with Gasteiger partial charge in [-0.1, -0.05) is 44.2 Å². The lowest BCUT2D eigenvalue weighted by atomic mass is 9.84. The number of amides is 1. The molecular weight excluding hydrogens is 506 g/mol. The minimum atomic E-state index is -0.622. The van der Waals surface area contributed by atoms with E-state index < -0.39 is 6.10 Å². The minimum Gasteiger partial charge on any atom is -0.507 e. The van der Waals surface area contributed by atoms with E-state index in [0.717, 1.165) is 22.3 Å². The molecule has 4 N–H and O–H groups in total. The molecule has 40 heavy (non-hydrogen) atoms. The maximum absolute atomic E-state index is 13.1. The number of carbonyl (C=O) groups excluding carboxylic acids is 2. The molecule has 1 amide bonds. The maximum Gasteiger partial charge on any atom is 0.255 e. The summed E-state index contributed by atoms with van der Waals surface area (Å²) in [5.74, 6) is -0.597. The van der Waals surface area contributed by atoms with Gasteiger partial charge in [-0.15, -0.1) is 0 Å². The number of ketones is 1. The average Bonchev–Trinajstić information content (AvgIpc) is 3.06. The molecule has 2 aliphatic rings. The number of hydrogen-bond acceptors (Lipinski definition) is 6. The summed E-state index contributed by atoms with van der Waals surface area (Å²) in [6.07, 6.45) is 3.20. The van der Waals surface area contributed by atoms with E-state index in [2.05, 4.69) is 15.2 Å². The first-order chi connectivity index (χ1) is 19.3. The second-order valence-electron chi connectivity index (χ2n) is 10.4. The van der Waals surface area contributed by atoms with E-state index in [1.165, 1.54) is 0 Å². The zero-order valence-corrected chi connectivity index (χ0v) is 23.4. The Morgan fingerprint density at radius 1 is 1.05 bits per heavy atom. The highest BCUT2D eigenvalue weighted by molar-refractivity contribution is 5.97. The van der Waals surface area contributed by atoms with E-state index in [1.54, 1.807) is 18.3 Å². The van der Waals surface area contributed by atoms with Crippen molar-refractivity contribution in [2.24, 2.45) is 0 Å². The smallest absolute Gasteiger partial charge is 0.255 e. The molecule has 0 saturated carbocycles. The summed E-state index contributed by atoms with van der Waals surface area (Å²) in [5, 5.41) is 24.9. The number of nitrogens with one attached hydrogen (secondary N) is 2. The number of phenols is 1. The highest BCUT2D eigenvalue weighted by atomic mass is 16.3. The van der Waals surface area contributed by atoms with E-state index in [1.807, 2.05) is 57.3 Å². The lowest BCUT2D eigenvalue weighted by Crippen LogP contribution is -2.42. The van der Waals surface area contributed by atoms with Crippen LogP contribution in [0.3, 0.4) is 0 Å². The number of Topliss-reactive ketones (excluding diaryl/α,β-unsaturated/α-hetero) is 1. The van der Waals surface area contributed by atoms with Gasteiger partial charge in [-0.2, -0.15) is 0 Å². The van der Waals surface area contributed by atoms with Gasteiger partial charge in [-0.3, -0.25) is 19.3 Å². The van der Waals surface area contributed by atoms with Crippen molar-refractivity contribution >= 4 is 11.7 Å². The van der Waals surface area contributed by atoms with Crippen LogP contribution < -0.4 is 10.9 Å². The number of aromatic nitrogens is 1. The molecule has 8 nitrogen and oxygen atoms in total. The van der Waals surface area contributed by atoms with Gasteiger partial charge in [0, 0.05) is 55.7 Å². The molecule has 0 spiro atoms. The van der Waals surface area contributed by atoms with Gasteiger partial charge < -0.3 is 20.5 Å². The van der Waals surface area contributed by atoms with Gasteiger partial charge in [0.25, 0.3) is 5.91 Å². The fourth-order valence-electron chi connectivity index (χ4n) is 5.80. The molecule has 2 aliphatic heterocycles. The van der Waals surface area contributed by atoms with Gasteiger partial charge in [-0.25, -0.2) is 0 Å². The van der Waals surface area contributed by atoms with Crippen LogP contribution in [0.4, 0.5) is 0 Å². The summed E-state index contributed by atoms with van der Waals surface area (Å²) in [5.41, 5.74) is 4.39. The van der Waals surface area contributed by atoms with Crippen LogP contribution in [-0.2, 0) is 17.6 Å². The highest BCUT2D eigenvalue weighted by Crippen LogP contribution is 2.40. The number of nitrogens with zero attached hydrogens (tertiary/aromatic N) is 1. The third-order valence-electron chi connectivity index (χ3n) is 7.86. The Morgan fingerprint density at radius 2 is 1.80 bits per heavy atom. The van der Waals surface area contributed by atoms with E-state index in [-0.39, 0.29) is 46.9 Å². The number of fused-ring (bicyclic) bond motifs is 5. The van der Waals surface area contributed by atoms with E-state index in [0.29, 0.717) is 44.3 Å². The first-order valence-corrected chi connectivity index (χ1v) is 14.1. The molecule has 3 aromatic rings. The van der Waals surface area contributed by atoms with Crippen molar-refractivity contribution in [1.29, 1.82) is 0 Å². The number of phenolic OH excluding ortho intramolecular Hbond substituents is 1. The van der Waals surface area contributed by atoms with Crippen molar-refractivity contribution in [1.82, 2.24) is 15.2 Å². The molecule has 8 heteroatoms. The van der Waals surface area contributed by atoms with Crippen LogP contribution in [0, 0.1) is 0 Å². The van der Waals surface area contributed by atoms with E-state index in [4.69, 9.17) is 0 Å². The second-order valence-corrected chi connectivity index (χ2v) is 10.4. The number of likely N-dealkylation sites (N-methyl/N-ethyl adjacent to an activating group) is 1. The molecule has 3 heterocycles. The SMILES string of the molecule is CC.CN1CC2CC(=O)CC[C@@H](O)[C@H]1Cc1ccc(C(=O)NCCc3ccc(-c4cc[nH]c(=O)c4)cc3)c(O)c12. The molecule has 3 atom stereocenters. The molecule has 1 fully saturated rings. The van der Waals surface area contributed by atoms with Crippen LogP contribution in [0.5, 0.6) is 5.75 Å². The number of H-pyrrole nitrogens is 1. The Hall–Kier alpha value is -3.75. The largest absolute Gasteiger partial charge is 0.507 e. The fourth-order valence-corrected chi connectivity index (χ4v) is 5.80. The Bertz CT molecular complexity index is 1400. The number of aromatic hydroxyl groups is 1. The summed E-state index contributed by atoms with van der Waals surface area (Å²) in [6, 6.07) is 14.6. The van der Waals surface area contributed by atoms with Gasteiger partial charge >= 0.3 is 0 Å². The summed E-state index contributed by atoms with van der Waals surface area (Å²) >= 11 is 0. The third-order valence-corrected chi connectivity index (χ3v) is 7.86. The summed E-state index contributed by atoms with van der Waals surface area (Å²) in [7, 11) is 1.94. The number of pyridine rings is 1. The number of aromatic amines is 1. The lowest BCUT2D eigenvalue weighted by Gasteiger charge is -2.30. The molecule has 5 rings (SSSR count). The quantitative estimate of drug-likeness (QED) is 0.387. The van der Waals surface area contributed by atoms with Crippen molar-refractivity contribution in [3.63, 3.8) is 0 Å².